The fourth-order valence-corrected chi connectivity index (χ4v) is 5.63. The summed E-state index contributed by atoms with van der Waals surface area (Å²) in [6, 6.07) is 6.76. The highest BCUT2D eigenvalue weighted by atomic mass is 16.5. The number of ether oxygens (including phenoxy) is 2. The molecule has 0 aliphatic carbocycles. The van der Waals surface area contributed by atoms with Crippen LogP contribution in [0.25, 0.3) is 0 Å². The number of methoxy groups -OCH3 is 1. The number of fused-ring (bicyclic) bond motifs is 6. The fraction of sp³-hybridized carbons (Fsp3) is 0.611. The number of benzene rings is 1. The van der Waals surface area contributed by atoms with Crippen molar-refractivity contribution in [1.82, 2.24) is 9.80 Å². The SMILES string of the molecule is COc1cccc2c1[C@@H]1CO[C@@H]3[C@H]4C[C@@H](C(=O)O)[C@H]([C@H](C2)N31)N4C. The summed E-state index contributed by atoms with van der Waals surface area (Å²) in [7, 11) is 3.77. The Kier molecular flexibility index (Phi) is 3.02. The van der Waals surface area contributed by atoms with E-state index in [1.165, 1.54) is 11.1 Å². The summed E-state index contributed by atoms with van der Waals surface area (Å²) in [5.41, 5.74) is 2.50. The van der Waals surface area contributed by atoms with Crippen molar-refractivity contribution in [2.75, 3.05) is 20.8 Å². The normalized spacial score (nSPS) is 40.2. The van der Waals surface area contributed by atoms with E-state index < -0.39 is 5.97 Å². The van der Waals surface area contributed by atoms with Gasteiger partial charge in [0.2, 0.25) is 0 Å². The average molecular weight is 330 g/mol. The quantitative estimate of drug-likeness (QED) is 0.876. The van der Waals surface area contributed by atoms with E-state index >= 15 is 0 Å². The van der Waals surface area contributed by atoms with Crippen LogP contribution in [0, 0.1) is 5.92 Å². The van der Waals surface area contributed by atoms with Crippen LogP contribution >= 0.6 is 0 Å². The molecule has 1 N–H and O–H groups in total. The van der Waals surface area contributed by atoms with E-state index in [1.807, 2.05) is 12.1 Å². The van der Waals surface area contributed by atoms with Gasteiger partial charge in [0.15, 0.2) is 0 Å². The molecule has 0 saturated carbocycles. The van der Waals surface area contributed by atoms with Crippen molar-refractivity contribution in [2.45, 2.75) is 43.2 Å². The molecule has 6 heteroatoms. The Morgan fingerprint density at radius 1 is 1.38 bits per heavy atom. The molecule has 0 amide bonds. The van der Waals surface area contributed by atoms with Crippen LogP contribution in [0.1, 0.15) is 23.6 Å². The van der Waals surface area contributed by atoms with Gasteiger partial charge in [0.1, 0.15) is 12.0 Å². The Morgan fingerprint density at radius 2 is 2.21 bits per heavy atom. The summed E-state index contributed by atoms with van der Waals surface area (Å²) >= 11 is 0. The van der Waals surface area contributed by atoms with Gasteiger partial charge < -0.3 is 14.6 Å². The van der Waals surface area contributed by atoms with Crippen LogP contribution in [0.5, 0.6) is 5.75 Å². The Balaban J connectivity index is 1.64. The standard InChI is InChI=1S/C18H22N2O4/c1-19-12-7-10(18(21)22)16(19)11-6-9-4-3-5-14(23-2)15(9)13-8-24-17(12)20(11)13/h3-5,10-13,16-17H,6-8H2,1-2H3,(H,21,22)/t10-,11+,12-,13+,16-,17-/m1/s1. The maximum Gasteiger partial charge on any atom is 0.308 e. The monoisotopic (exact) mass is 330 g/mol. The fourth-order valence-electron chi connectivity index (χ4n) is 5.63. The zero-order chi connectivity index (χ0) is 16.6. The number of carbonyl (C=O) groups is 1. The number of rotatable bonds is 2. The lowest BCUT2D eigenvalue weighted by Gasteiger charge is -2.51. The maximum atomic E-state index is 11.8. The molecule has 6 nitrogen and oxygen atoms in total. The predicted molar refractivity (Wildman–Crippen MR) is 85.9 cm³/mol. The lowest BCUT2D eigenvalue weighted by molar-refractivity contribution is -0.144. The molecule has 1 aromatic carbocycles. The molecule has 6 atom stereocenters. The van der Waals surface area contributed by atoms with Gasteiger partial charge in [-0.15, -0.1) is 0 Å². The van der Waals surface area contributed by atoms with Crippen LogP contribution < -0.4 is 4.74 Å². The third-order valence-electron chi connectivity index (χ3n) is 6.54. The molecular formula is C18H22N2O4. The third kappa shape index (κ3) is 1.68. The second kappa shape index (κ2) is 4.94. The van der Waals surface area contributed by atoms with Crippen molar-refractivity contribution in [1.29, 1.82) is 0 Å². The first-order valence-corrected chi connectivity index (χ1v) is 8.61. The average Bonchev–Trinajstić information content (AvgIpc) is 3.10. The third-order valence-corrected chi connectivity index (χ3v) is 6.54. The molecule has 128 valence electrons. The number of carboxylic acids is 1. The van der Waals surface area contributed by atoms with E-state index in [9.17, 15) is 9.90 Å². The first-order chi connectivity index (χ1) is 11.6. The highest BCUT2D eigenvalue weighted by molar-refractivity contribution is 5.72. The molecular weight excluding hydrogens is 308 g/mol. The summed E-state index contributed by atoms with van der Waals surface area (Å²) in [5.74, 6) is -0.0724. The van der Waals surface area contributed by atoms with E-state index in [1.54, 1.807) is 7.11 Å². The molecule has 0 radical (unpaired) electrons. The van der Waals surface area contributed by atoms with Gasteiger partial charge in [-0.05, 0) is 31.5 Å². The first-order valence-electron chi connectivity index (χ1n) is 8.61. The second-order valence-electron chi connectivity index (χ2n) is 7.40. The summed E-state index contributed by atoms with van der Waals surface area (Å²) in [6.45, 7) is 0.656. The number of likely N-dealkylation sites (N-methyl/N-ethyl adjacent to an activating group) is 1. The highest BCUT2D eigenvalue weighted by Crippen LogP contribution is 2.52. The van der Waals surface area contributed by atoms with Crippen LogP contribution in [0.2, 0.25) is 0 Å². The maximum absolute atomic E-state index is 11.8. The molecule has 24 heavy (non-hydrogen) atoms. The van der Waals surface area contributed by atoms with Crippen molar-refractivity contribution in [3.8, 4) is 5.75 Å². The van der Waals surface area contributed by atoms with Crippen molar-refractivity contribution < 1.29 is 19.4 Å². The molecule has 4 heterocycles. The van der Waals surface area contributed by atoms with Gasteiger partial charge in [0.05, 0.1) is 31.7 Å². The van der Waals surface area contributed by atoms with Crippen molar-refractivity contribution in [3.05, 3.63) is 29.3 Å². The largest absolute Gasteiger partial charge is 0.496 e. The minimum absolute atomic E-state index is 0.0105. The highest BCUT2D eigenvalue weighted by Gasteiger charge is 2.62. The Labute approximate surface area is 140 Å². The van der Waals surface area contributed by atoms with E-state index in [-0.39, 0.29) is 36.3 Å². The molecule has 1 aromatic rings. The van der Waals surface area contributed by atoms with Crippen LogP contribution in [0.4, 0.5) is 0 Å². The Bertz CT molecular complexity index is 708. The number of piperazine rings is 1. The molecule has 0 unspecified atom stereocenters. The molecule has 0 aromatic heterocycles. The molecule has 0 spiro atoms. The smallest absolute Gasteiger partial charge is 0.308 e. The zero-order valence-electron chi connectivity index (χ0n) is 13.9. The molecule has 2 bridgehead atoms. The number of hydrogen-bond acceptors (Lipinski definition) is 5. The van der Waals surface area contributed by atoms with E-state index in [2.05, 4.69) is 22.9 Å². The summed E-state index contributed by atoms with van der Waals surface area (Å²) in [6.07, 6.45) is 1.52. The van der Waals surface area contributed by atoms with E-state index in [4.69, 9.17) is 9.47 Å². The molecule has 4 aliphatic rings. The van der Waals surface area contributed by atoms with Crippen LogP contribution in [0.3, 0.4) is 0 Å². The van der Waals surface area contributed by atoms with Crippen molar-refractivity contribution in [2.24, 2.45) is 5.92 Å². The number of carboxylic acid groups (broad SMARTS) is 1. The van der Waals surface area contributed by atoms with Gasteiger partial charge in [-0.1, -0.05) is 12.1 Å². The summed E-state index contributed by atoms with van der Waals surface area (Å²) in [5, 5.41) is 9.71. The first kappa shape index (κ1) is 14.7. The molecule has 4 aliphatic heterocycles. The van der Waals surface area contributed by atoms with Gasteiger partial charge in [0.25, 0.3) is 0 Å². The minimum atomic E-state index is -0.677. The Hall–Kier alpha value is -1.63. The van der Waals surface area contributed by atoms with Crippen LogP contribution in [0.15, 0.2) is 18.2 Å². The second-order valence-corrected chi connectivity index (χ2v) is 7.40. The number of hydrogen-bond donors (Lipinski definition) is 1. The zero-order valence-corrected chi connectivity index (χ0v) is 13.9. The van der Waals surface area contributed by atoms with E-state index in [0.717, 1.165) is 12.2 Å². The summed E-state index contributed by atoms with van der Waals surface area (Å²) < 4.78 is 11.8. The number of aliphatic carboxylic acids is 1. The van der Waals surface area contributed by atoms with Crippen molar-refractivity contribution in [3.63, 3.8) is 0 Å². The number of nitrogens with zero attached hydrogens (tertiary/aromatic N) is 2. The molecule has 5 rings (SSSR count). The van der Waals surface area contributed by atoms with Gasteiger partial charge in [-0.3, -0.25) is 14.6 Å². The predicted octanol–water partition coefficient (Wildman–Crippen LogP) is 1.11. The lowest BCUT2D eigenvalue weighted by atomic mass is 9.82. The Morgan fingerprint density at radius 3 is 2.96 bits per heavy atom. The van der Waals surface area contributed by atoms with Gasteiger partial charge in [-0.2, -0.15) is 0 Å². The van der Waals surface area contributed by atoms with Crippen LogP contribution in [-0.4, -0.2) is 66.0 Å². The topological polar surface area (TPSA) is 62.2 Å². The summed E-state index contributed by atoms with van der Waals surface area (Å²) in [4.78, 5) is 16.5. The molecule has 3 fully saturated rings. The van der Waals surface area contributed by atoms with Gasteiger partial charge in [0, 0.05) is 17.6 Å². The van der Waals surface area contributed by atoms with Crippen molar-refractivity contribution >= 4 is 5.97 Å². The lowest BCUT2D eigenvalue weighted by Crippen LogP contribution is -2.64. The van der Waals surface area contributed by atoms with E-state index in [0.29, 0.717) is 13.0 Å². The molecule has 3 saturated heterocycles. The van der Waals surface area contributed by atoms with Gasteiger partial charge in [-0.25, -0.2) is 0 Å². The minimum Gasteiger partial charge on any atom is -0.496 e. The van der Waals surface area contributed by atoms with Gasteiger partial charge >= 0.3 is 5.97 Å². The van der Waals surface area contributed by atoms with Crippen LogP contribution in [-0.2, 0) is 16.0 Å².